The van der Waals surface area contributed by atoms with E-state index in [1.807, 2.05) is 6.19 Å². The molecule has 2 nitrogen and oxygen atoms in total. The van der Waals surface area contributed by atoms with Gasteiger partial charge in [-0.05, 0) is 18.3 Å². The molecule has 2 unspecified atom stereocenters. The quantitative estimate of drug-likeness (QED) is 0.463. The molecule has 2 heteroatoms. The monoisotopic (exact) mass is 138 g/mol. The van der Waals surface area contributed by atoms with Gasteiger partial charge in [0, 0.05) is 6.54 Å². The van der Waals surface area contributed by atoms with Crippen LogP contribution in [0, 0.1) is 23.3 Å². The summed E-state index contributed by atoms with van der Waals surface area (Å²) in [5, 5.41) is 11.0. The summed E-state index contributed by atoms with van der Waals surface area (Å²) < 4.78 is 0. The molecule has 0 bridgehead atoms. The van der Waals surface area contributed by atoms with E-state index >= 15 is 0 Å². The average molecular weight is 138 g/mol. The van der Waals surface area contributed by atoms with Gasteiger partial charge < -0.3 is 5.32 Å². The molecular weight excluding hydrogens is 124 g/mol. The highest BCUT2D eigenvalue weighted by Gasteiger charge is 2.22. The van der Waals surface area contributed by atoms with E-state index in [4.69, 9.17) is 5.26 Å². The van der Waals surface area contributed by atoms with Crippen LogP contribution in [0.25, 0.3) is 0 Å². The largest absolute Gasteiger partial charge is 0.324 e. The second kappa shape index (κ2) is 3.46. The Hall–Kier alpha value is -0.710. The summed E-state index contributed by atoms with van der Waals surface area (Å²) in [5.41, 5.74) is 0. The zero-order chi connectivity index (χ0) is 7.40. The van der Waals surface area contributed by atoms with Crippen LogP contribution in [0.4, 0.5) is 0 Å². The van der Waals surface area contributed by atoms with Gasteiger partial charge in [0.1, 0.15) is 0 Å². The smallest absolute Gasteiger partial charge is 0.176 e. The molecule has 2 atom stereocenters. The summed E-state index contributed by atoms with van der Waals surface area (Å²) in [4.78, 5) is 0. The fourth-order valence-electron chi connectivity index (χ4n) is 1.70. The van der Waals surface area contributed by atoms with Gasteiger partial charge in [-0.25, -0.2) is 0 Å². The van der Waals surface area contributed by atoms with Gasteiger partial charge in [-0.3, -0.25) is 0 Å². The molecule has 0 aliphatic heterocycles. The molecular formula is C8H14N2. The van der Waals surface area contributed by atoms with Crippen molar-refractivity contribution < 1.29 is 0 Å². The molecule has 56 valence electrons. The number of hydrogen-bond acceptors (Lipinski definition) is 2. The molecule has 1 aliphatic rings. The Morgan fingerprint density at radius 2 is 2.40 bits per heavy atom. The molecule has 1 N–H and O–H groups in total. The molecule has 0 heterocycles. The molecule has 1 aliphatic carbocycles. The van der Waals surface area contributed by atoms with Gasteiger partial charge in [0.2, 0.25) is 0 Å². The van der Waals surface area contributed by atoms with Crippen LogP contribution in [0.2, 0.25) is 0 Å². The number of hydrogen-bond donors (Lipinski definition) is 1. The summed E-state index contributed by atoms with van der Waals surface area (Å²) in [6.07, 6.45) is 5.96. The van der Waals surface area contributed by atoms with Gasteiger partial charge in [-0.1, -0.05) is 19.8 Å². The molecule has 0 aromatic rings. The van der Waals surface area contributed by atoms with Crippen LogP contribution in [0.15, 0.2) is 0 Å². The van der Waals surface area contributed by atoms with Crippen LogP contribution in [0.3, 0.4) is 0 Å². The Labute approximate surface area is 62.2 Å². The van der Waals surface area contributed by atoms with Crippen molar-refractivity contribution >= 4 is 0 Å². The third-order valence-corrected chi connectivity index (χ3v) is 2.48. The lowest BCUT2D eigenvalue weighted by Crippen LogP contribution is -2.19. The predicted molar refractivity (Wildman–Crippen MR) is 40.1 cm³/mol. The first-order chi connectivity index (χ1) is 4.84. The van der Waals surface area contributed by atoms with Gasteiger partial charge in [-0.2, -0.15) is 5.26 Å². The fraction of sp³-hybridized carbons (Fsp3) is 0.875. The zero-order valence-corrected chi connectivity index (χ0v) is 6.43. The van der Waals surface area contributed by atoms with E-state index in [1.54, 1.807) is 0 Å². The lowest BCUT2D eigenvalue weighted by Gasteiger charge is -2.12. The third kappa shape index (κ3) is 1.63. The topological polar surface area (TPSA) is 35.8 Å². The van der Waals surface area contributed by atoms with E-state index in [1.165, 1.54) is 19.3 Å². The van der Waals surface area contributed by atoms with Crippen molar-refractivity contribution in [1.82, 2.24) is 5.32 Å². The van der Waals surface area contributed by atoms with E-state index in [2.05, 4.69) is 12.2 Å². The molecule has 1 rings (SSSR count). The van der Waals surface area contributed by atoms with Crippen molar-refractivity contribution in [3.8, 4) is 6.19 Å². The van der Waals surface area contributed by atoms with Crippen LogP contribution >= 0.6 is 0 Å². The Morgan fingerprint density at radius 3 is 2.90 bits per heavy atom. The molecule has 0 amide bonds. The van der Waals surface area contributed by atoms with E-state index in [9.17, 15) is 0 Å². The molecule has 0 aromatic heterocycles. The second-order valence-corrected chi connectivity index (χ2v) is 3.16. The maximum atomic E-state index is 8.25. The van der Waals surface area contributed by atoms with E-state index in [0.29, 0.717) is 0 Å². The number of nitrogens with one attached hydrogen (secondary N) is 1. The molecule has 0 spiro atoms. The summed E-state index contributed by atoms with van der Waals surface area (Å²) in [6, 6.07) is 0. The average Bonchev–Trinajstić information content (AvgIpc) is 2.31. The highest BCUT2D eigenvalue weighted by molar-refractivity contribution is 4.78. The summed E-state index contributed by atoms with van der Waals surface area (Å²) in [5.74, 6) is 1.57. The van der Waals surface area contributed by atoms with Crippen molar-refractivity contribution in [2.24, 2.45) is 11.8 Å². The lowest BCUT2D eigenvalue weighted by molar-refractivity contribution is 0.412. The van der Waals surface area contributed by atoms with Crippen molar-refractivity contribution in [2.75, 3.05) is 6.54 Å². The first kappa shape index (κ1) is 7.40. The van der Waals surface area contributed by atoms with Crippen LogP contribution in [0.5, 0.6) is 0 Å². The Balaban J connectivity index is 2.21. The van der Waals surface area contributed by atoms with Crippen molar-refractivity contribution in [3.63, 3.8) is 0 Å². The lowest BCUT2D eigenvalue weighted by atomic mass is 9.98. The third-order valence-electron chi connectivity index (χ3n) is 2.48. The number of nitrogens with zero attached hydrogens (tertiary/aromatic N) is 1. The van der Waals surface area contributed by atoms with Gasteiger partial charge >= 0.3 is 0 Å². The van der Waals surface area contributed by atoms with E-state index in [0.717, 1.165) is 18.4 Å². The molecule has 1 saturated carbocycles. The minimum Gasteiger partial charge on any atom is -0.324 e. The van der Waals surface area contributed by atoms with Gasteiger partial charge in [0.15, 0.2) is 6.19 Å². The Morgan fingerprint density at radius 1 is 1.60 bits per heavy atom. The first-order valence-electron chi connectivity index (χ1n) is 3.96. The summed E-state index contributed by atoms with van der Waals surface area (Å²) in [6.45, 7) is 3.16. The highest BCUT2D eigenvalue weighted by Crippen LogP contribution is 2.30. The first-order valence-corrected chi connectivity index (χ1v) is 3.96. The standard InChI is InChI=1S/C8H14N2/c1-7-3-2-4-8(7)5-10-6-9/h7-8,10H,2-5H2,1H3. The minimum atomic E-state index is 0.750. The maximum absolute atomic E-state index is 8.25. The SMILES string of the molecule is CC1CCCC1CNC#N. The molecule has 10 heavy (non-hydrogen) atoms. The van der Waals surface area contributed by atoms with Gasteiger partial charge in [-0.15, -0.1) is 0 Å². The highest BCUT2D eigenvalue weighted by atomic mass is 14.9. The van der Waals surface area contributed by atoms with Gasteiger partial charge in [0.25, 0.3) is 0 Å². The fourth-order valence-corrected chi connectivity index (χ4v) is 1.70. The number of nitriles is 1. The normalized spacial score (nSPS) is 31.6. The second-order valence-electron chi connectivity index (χ2n) is 3.16. The minimum absolute atomic E-state index is 0.750. The van der Waals surface area contributed by atoms with E-state index in [-0.39, 0.29) is 0 Å². The molecule has 0 radical (unpaired) electrons. The zero-order valence-electron chi connectivity index (χ0n) is 6.43. The van der Waals surface area contributed by atoms with Crippen molar-refractivity contribution in [3.05, 3.63) is 0 Å². The summed E-state index contributed by atoms with van der Waals surface area (Å²) >= 11 is 0. The van der Waals surface area contributed by atoms with Crippen molar-refractivity contribution in [1.29, 1.82) is 5.26 Å². The van der Waals surface area contributed by atoms with Crippen LogP contribution in [-0.2, 0) is 0 Å². The van der Waals surface area contributed by atoms with E-state index < -0.39 is 0 Å². The predicted octanol–water partition coefficient (Wildman–Crippen LogP) is 1.49. The molecule has 1 fully saturated rings. The molecule has 0 aromatic carbocycles. The van der Waals surface area contributed by atoms with Crippen LogP contribution < -0.4 is 5.32 Å². The number of rotatable bonds is 2. The maximum Gasteiger partial charge on any atom is 0.176 e. The molecule has 0 saturated heterocycles. The van der Waals surface area contributed by atoms with Crippen LogP contribution in [0.1, 0.15) is 26.2 Å². The Bertz CT molecular complexity index is 137. The summed E-state index contributed by atoms with van der Waals surface area (Å²) in [7, 11) is 0. The van der Waals surface area contributed by atoms with Gasteiger partial charge in [0.05, 0.1) is 0 Å². The van der Waals surface area contributed by atoms with Crippen LogP contribution in [-0.4, -0.2) is 6.54 Å². The Kier molecular flexibility index (Phi) is 2.56. The van der Waals surface area contributed by atoms with Crippen molar-refractivity contribution in [2.45, 2.75) is 26.2 Å².